The van der Waals surface area contributed by atoms with Crippen LogP contribution in [0.5, 0.6) is 5.75 Å². The zero-order chi connectivity index (χ0) is 11.8. The van der Waals surface area contributed by atoms with Gasteiger partial charge < -0.3 is 14.8 Å². The second-order valence-corrected chi connectivity index (χ2v) is 4.16. The van der Waals surface area contributed by atoms with Gasteiger partial charge >= 0.3 is 0 Å². The van der Waals surface area contributed by atoms with Crippen molar-refractivity contribution in [2.24, 2.45) is 0 Å². The molecule has 0 fully saturated rings. The van der Waals surface area contributed by atoms with Gasteiger partial charge in [-0.15, -0.1) is 0 Å². The van der Waals surface area contributed by atoms with Gasteiger partial charge in [-0.3, -0.25) is 0 Å². The smallest absolute Gasteiger partial charge is 0.138 e. The standard InChI is InChI=1S/C12H18BrNO2/c1-3-15-7-8-16-12-10(9-14-2)5-4-6-11(12)13/h4-6,14H,3,7-9H2,1-2H3. The van der Waals surface area contributed by atoms with E-state index in [1.165, 1.54) is 0 Å². The Bertz CT molecular complexity index is 318. The summed E-state index contributed by atoms with van der Waals surface area (Å²) in [6.45, 7) is 4.70. The number of benzene rings is 1. The first-order chi connectivity index (χ1) is 7.79. The fraction of sp³-hybridized carbons (Fsp3) is 0.500. The van der Waals surface area contributed by atoms with Gasteiger partial charge in [-0.25, -0.2) is 0 Å². The molecule has 0 aliphatic rings. The Kier molecular flexibility index (Phi) is 6.45. The molecule has 0 bridgehead atoms. The van der Waals surface area contributed by atoms with Crippen LogP contribution in [-0.2, 0) is 11.3 Å². The third kappa shape index (κ3) is 4.12. The normalized spacial score (nSPS) is 10.4. The predicted molar refractivity (Wildman–Crippen MR) is 68.9 cm³/mol. The summed E-state index contributed by atoms with van der Waals surface area (Å²) in [5.41, 5.74) is 1.15. The molecule has 0 saturated carbocycles. The van der Waals surface area contributed by atoms with Crippen LogP contribution in [0.1, 0.15) is 12.5 Å². The lowest BCUT2D eigenvalue weighted by Crippen LogP contribution is -2.11. The molecule has 0 aliphatic carbocycles. The van der Waals surface area contributed by atoms with Crippen molar-refractivity contribution in [2.45, 2.75) is 13.5 Å². The van der Waals surface area contributed by atoms with Gasteiger partial charge in [-0.1, -0.05) is 12.1 Å². The molecule has 0 saturated heterocycles. The van der Waals surface area contributed by atoms with Gasteiger partial charge in [-0.2, -0.15) is 0 Å². The molecule has 16 heavy (non-hydrogen) atoms. The lowest BCUT2D eigenvalue weighted by molar-refractivity contribution is 0.109. The van der Waals surface area contributed by atoms with E-state index in [0.29, 0.717) is 13.2 Å². The first-order valence-electron chi connectivity index (χ1n) is 5.42. The van der Waals surface area contributed by atoms with Crippen LogP contribution in [0.15, 0.2) is 22.7 Å². The van der Waals surface area contributed by atoms with Gasteiger partial charge in [-0.05, 0) is 36.0 Å². The molecule has 0 aromatic heterocycles. The minimum atomic E-state index is 0.577. The summed E-state index contributed by atoms with van der Waals surface area (Å²) in [5.74, 6) is 0.900. The van der Waals surface area contributed by atoms with Crippen LogP contribution in [0.3, 0.4) is 0 Å². The van der Waals surface area contributed by atoms with Gasteiger partial charge in [0.15, 0.2) is 0 Å². The molecule has 3 nitrogen and oxygen atoms in total. The Balaban J connectivity index is 2.61. The summed E-state index contributed by atoms with van der Waals surface area (Å²) in [5, 5.41) is 3.12. The SMILES string of the molecule is CCOCCOc1c(Br)cccc1CNC. The average Bonchev–Trinajstić information content (AvgIpc) is 2.28. The summed E-state index contributed by atoms with van der Waals surface area (Å²) in [4.78, 5) is 0. The number of hydrogen-bond donors (Lipinski definition) is 1. The van der Waals surface area contributed by atoms with E-state index in [9.17, 15) is 0 Å². The van der Waals surface area contributed by atoms with Crippen LogP contribution in [0, 0.1) is 0 Å². The second-order valence-electron chi connectivity index (χ2n) is 3.30. The topological polar surface area (TPSA) is 30.5 Å². The first-order valence-corrected chi connectivity index (χ1v) is 6.21. The molecule has 0 unspecified atom stereocenters. The van der Waals surface area contributed by atoms with E-state index >= 15 is 0 Å². The number of rotatable bonds is 7. The van der Waals surface area contributed by atoms with Crippen LogP contribution in [0.25, 0.3) is 0 Å². The molecule has 1 aromatic rings. The molecule has 1 N–H and O–H groups in total. The summed E-state index contributed by atoms with van der Waals surface area (Å²) < 4.78 is 11.9. The zero-order valence-corrected chi connectivity index (χ0v) is 11.3. The fourth-order valence-electron chi connectivity index (χ4n) is 1.39. The summed E-state index contributed by atoms with van der Waals surface area (Å²) >= 11 is 3.49. The highest BCUT2D eigenvalue weighted by atomic mass is 79.9. The van der Waals surface area contributed by atoms with E-state index < -0.39 is 0 Å². The van der Waals surface area contributed by atoms with E-state index in [1.54, 1.807) is 0 Å². The van der Waals surface area contributed by atoms with E-state index in [-0.39, 0.29) is 0 Å². The number of ether oxygens (including phenoxy) is 2. The monoisotopic (exact) mass is 287 g/mol. The molecule has 0 heterocycles. The highest BCUT2D eigenvalue weighted by molar-refractivity contribution is 9.10. The van der Waals surface area contributed by atoms with E-state index in [0.717, 1.165) is 28.9 Å². The minimum Gasteiger partial charge on any atom is -0.490 e. The Morgan fingerprint density at radius 2 is 2.12 bits per heavy atom. The lowest BCUT2D eigenvalue weighted by atomic mass is 10.2. The zero-order valence-electron chi connectivity index (χ0n) is 9.75. The molecular weight excluding hydrogens is 270 g/mol. The first kappa shape index (κ1) is 13.5. The third-order valence-corrected chi connectivity index (χ3v) is 2.72. The Labute approximate surface area is 105 Å². The molecule has 1 aromatic carbocycles. The Morgan fingerprint density at radius 1 is 1.31 bits per heavy atom. The molecule has 0 amide bonds. The van der Waals surface area contributed by atoms with Gasteiger partial charge in [0.1, 0.15) is 12.4 Å². The molecule has 0 aliphatic heterocycles. The molecular formula is C12H18BrNO2. The molecule has 1 rings (SSSR count). The van der Waals surface area contributed by atoms with Crippen LogP contribution in [0.2, 0.25) is 0 Å². The highest BCUT2D eigenvalue weighted by Crippen LogP contribution is 2.28. The van der Waals surface area contributed by atoms with Crippen molar-refractivity contribution < 1.29 is 9.47 Å². The molecule has 0 atom stereocenters. The van der Waals surface area contributed by atoms with Gasteiger partial charge in [0, 0.05) is 18.7 Å². The Hall–Kier alpha value is -0.580. The van der Waals surface area contributed by atoms with E-state index in [2.05, 4.69) is 27.3 Å². The van der Waals surface area contributed by atoms with Crippen LogP contribution < -0.4 is 10.1 Å². The molecule has 0 spiro atoms. The van der Waals surface area contributed by atoms with Gasteiger partial charge in [0.2, 0.25) is 0 Å². The second kappa shape index (κ2) is 7.65. The molecule has 0 radical (unpaired) electrons. The van der Waals surface area contributed by atoms with Crippen molar-refractivity contribution in [1.82, 2.24) is 5.32 Å². The van der Waals surface area contributed by atoms with Crippen LogP contribution >= 0.6 is 15.9 Å². The van der Waals surface area contributed by atoms with E-state index in [4.69, 9.17) is 9.47 Å². The summed E-state index contributed by atoms with van der Waals surface area (Å²) in [7, 11) is 1.92. The maximum Gasteiger partial charge on any atom is 0.138 e. The minimum absolute atomic E-state index is 0.577. The number of para-hydroxylation sites is 1. The lowest BCUT2D eigenvalue weighted by Gasteiger charge is -2.13. The highest BCUT2D eigenvalue weighted by Gasteiger charge is 2.06. The third-order valence-electron chi connectivity index (χ3n) is 2.09. The van der Waals surface area contributed by atoms with Crippen LogP contribution in [-0.4, -0.2) is 26.9 Å². The van der Waals surface area contributed by atoms with Gasteiger partial charge in [0.05, 0.1) is 11.1 Å². The van der Waals surface area contributed by atoms with Crippen molar-refractivity contribution in [3.05, 3.63) is 28.2 Å². The van der Waals surface area contributed by atoms with Gasteiger partial charge in [0.25, 0.3) is 0 Å². The van der Waals surface area contributed by atoms with Crippen molar-refractivity contribution >= 4 is 15.9 Å². The number of hydrogen-bond acceptors (Lipinski definition) is 3. The van der Waals surface area contributed by atoms with Crippen molar-refractivity contribution in [1.29, 1.82) is 0 Å². The predicted octanol–water partition coefficient (Wildman–Crippen LogP) is 2.58. The average molecular weight is 288 g/mol. The van der Waals surface area contributed by atoms with Crippen molar-refractivity contribution in [2.75, 3.05) is 26.9 Å². The van der Waals surface area contributed by atoms with Crippen molar-refractivity contribution in [3.8, 4) is 5.75 Å². The fourth-order valence-corrected chi connectivity index (χ4v) is 1.91. The number of halogens is 1. The maximum absolute atomic E-state index is 5.71. The molecule has 4 heteroatoms. The largest absolute Gasteiger partial charge is 0.490 e. The summed E-state index contributed by atoms with van der Waals surface area (Å²) in [6.07, 6.45) is 0. The number of nitrogens with one attached hydrogen (secondary N) is 1. The van der Waals surface area contributed by atoms with E-state index in [1.807, 2.05) is 26.1 Å². The Morgan fingerprint density at radius 3 is 2.81 bits per heavy atom. The van der Waals surface area contributed by atoms with Crippen molar-refractivity contribution in [3.63, 3.8) is 0 Å². The maximum atomic E-state index is 5.71. The quantitative estimate of drug-likeness (QED) is 0.782. The summed E-state index contributed by atoms with van der Waals surface area (Å²) in [6, 6.07) is 6.04. The van der Waals surface area contributed by atoms with Crippen LogP contribution in [0.4, 0.5) is 0 Å². The molecule has 90 valence electrons.